The van der Waals surface area contributed by atoms with Gasteiger partial charge in [-0.25, -0.2) is 4.98 Å². The second kappa shape index (κ2) is 10.5. The van der Waals surface area contributed by atoms with Crippen molar-refractivity contribution < 1.29 is 13.9 Å². The number of hydrogen-bond donors (Lipinski definition) is 2. The van der Waals surface area contributed by atoms with Gasteiger partial charge in [0.25, 0.3) is 5.91 Å². The molecule has 180 valence electrons. The Morgan fingerprint density at radius 2 is 1.74 bits per heavy atom. The van der Waals surface area contributed by atoms with Crippen molar-refractivity contribution in [3.05, 3.63) is 87.3 Å². The van der Waals surface area contributed by atoms with Gasteiger partial charge in [-0.15, -0.1) is 0 Å². The zero-order valence-electron chi connectivity index (χ0n) is 20.0. The van der Waals surface area contributed by atoms with Crippen molar-refractivity contribution >= 4 is 51.6 Å². The maximum Gasteiger partial charge on any atom is 0.264 e. The Morgan fingerprint density at radius 1 is 1.03 bits per heavy atom. The van der Waals surface area contributed by atoms with Gasteiger partial charge in [0.15, 0.2) is 23.2 Å². The van der Waals surface area contributed by atoms with Crippen LogP contribution in [0, 0.1) is 27.7 Å². The third kappa shape index (κ3) is 6.18. The number of amides is 1. The molecule has 0 aliphatic carbocycles. The number of carbonyl (C=O) groups is 1. The summed E-state index contributed by atoms with van der Waals surface area (Å²) in [4.78, 5) is 16.9. The highest BCUT2D eigenvalue weighted by Crippen LogP contribution is 2.29. The molecule has 4 aromatic rings. The highest BCUT2D eigenvalue weighted by Gasteiger charge is 2.12. The first-order valence-electron chi connectivity index (χ1n) is 11.1. The zero-order chi connectivity index (χ0) is 25.1. The Bertz CT molecular complexity index is 1350. The number of fused-ring (bicyclic) bond motifs is 1. The Balaban J connectivity index is 1.30. The molecule has 0 spiro atoms. The van der Waals surface area contributed by atoms with E-state index in [1.165, 1.54) is 11.1 Å². The molecule has 3 aromatic carbocycles. The smallest absolute Gasteiger partial charge is 0.264 e. The van der Waals surface area contributed by atoms with Gasteiger partial charge in [0, 0.05) is 12.1 Å². The van der Waals surface area contributed by atoms with Crippen LogP contribution in [0.25, 0.3) is 11.1 Å². The van der Waals surface area contributed by atoms with Crippen molar-refractivity contribution in [2.75, 3.05) is 11.9 Å². The predicted octanol–water partition coefficient (Wildman–Crippen LogP) is 6.20. The second-order valence-electron chi connectivity index (χ2n) is 8.57. The van der Waals surface area contributed by atoms with Gasteiger partial charge in [-0.1, -0.05) is 29.8 Å². The normalized spacial score (nSPS) is 10.9. The molecule has 0 aliphatic rings. The SMILES string of the molecule is Cc1cc(C)c(OCC(=O)NC(=S)Nc2ccc(Cc3nc4cc(C)c(C)cc4o3)cc2)c(Cl)c1. The Labute approximate surface area is 214 Å². The Kier molecular flexibility index (Phi) is 7.38. The summed E-state index contributed by atoms with van der Waals surface area (Å²) in [6.45, 7) is 7.75. The third-order valence-corrected chi connectivity index (χ3v) is 6.07. The minimum absolute atomic E-state index is 0.183. The summed E-state index contributed by atoms with van der Waals surface area (Å²) in [5.74, 6) is 0.778. The molecule has 0 radical (unpaired) electrons. The van der Waals surface area contributed by atoms with Gasteiger partial charge >= 0.3 is 0 Å². The van der Waals surface area contributed by atoms with Gasteiger partial charge in [0.1, 0.15) is 11.3 Å². The molecule has 0 unspecified atom stereocenters. The fraction of sp³-hybridized carbons (Fsp3) is 0.222. The third-order valence-electron chi connectivity index (χ3n) is 5.59. The van der Waals surface area contributed by atoms with E-state index >= 15 is 0 Å². The van der Waals surface area contributed by atoms with Gasteiger partial charge < -0.3 is 14.5 Å². The van der Waals surface area contributed by atoms with Crippen molar-refractivity contribution in [2.24, 2.45) is 0 Å². The molecule has 0 saturated carbocycles. The molecule has 0 bridgehead atoms. The monoisotopic (exact) mass is 507 g/mol. The molecule has 0 fully saturated rings. The number of ether oxygens (including phenoxy) is 1. The first-order valence-corrected chi connectivity index (χ1v) is 11.9. The Hall–Kier alpha value is -3.42. The number of nitrogens with zero attached hydrogens (tertiary/aromatic N) is 1. The first kappa shape index (κ1) is 24.7. The molecule has 1 aromatic heterocycles. The van der Waals surface area contributed by atoms with Crippen LogP contribution in [0.4, 0.5) is 5.69 Å². The van der Waals surface area contributed by atoms with Crippen molar-refractivity contribution in [1.82, 2.24) is 10.3 Å². The van der Waals surface area contributed by atoms with Crippen molar-refractivity contribution in [3.8, 4) is 5.75 Å². The van der Waals surface area contributed by atoms with Gasteiger partial charge in [-0.05, 0) is 98.1 Å². The van der Waals surface area contributed by atoms with Gasteiger partial charge in [0.2, 0.25) is 0 Å². The number of thiocarbonyl (C=S) groups is 1. The highest BCUT2D eigenvalue weighted by atomic mass is 35.5. The lowest BCUT2D eigenvalue weighted by atomic mass is 10.1. The molecular formula is C27H26ClN3O3S. The predicted molar refractivity (Wildman–Crippen MR) is 144 cm³/mol. The van der Waals surface area contributed by atoms with Crippen LogP contribution >= 0.6 is 23.8 Å². The maximum atomic E-state index is 12.3. The van der Waals surface area contributed by atoms with Crippen LogP contribution in [0.5, 0.6) is 5.75 Å². The summed E-state index contributed by atoms with van der Waals surface area (Å²) in [6.07, 6.45) is 0.576. The molecule has 8 heteroatoms. The number of halogens is 1. The molecule has 35 heavy (non-hydrogen) atoms. The zero-order valence-corrected chi connectivity index (χ0v) is 21.6. The number of aromatic nitrogens is 1. The van der Waals surface area contributed by atoms with E-state index < -0.39 is 0 Å². The number of hydrogen-bond acceptors (Lipinski definition) is 5. The molecule has 4 rings (SSSR count). The van der Waals surface area contributed by atoms with Crippen LogP contribution in [-0.4, -0.2) is 22.6 Å². The summed E-state index contributed by atoms with van der Waals surface area (Å²) < 4.78 is 11.5. The molecule has 1 amide bonds. The minimum atomic E-state index is -0.378. The molecule has 2 N–H and O–H groups in total. The summed E-state index contributed by atoms with van der Waals surface area (Å²) in [7, 11) is 0. The lowest BCUT2D eigenvalue weighted by molar-refractivity contribution is -0.121. The number of anilines is 1. The van der Waals surface area contributed by atoms with E-state index in [0.29, 0.717) is 23.1 Å². The number of oxazole rings is 1. The summed E-state index contributed by atoms with van der Waals surface area (Å²) in [5.41, 5.74) is 7.73. The van der Waals surface area contributed by atoms with E-state index in [9.17, 15) is 4.79 Å². The fourth-order valence-corrected chi connectivity index (χ4v) is 4.34. The van der Waals surface area contributed by atoms with Crippen molar-refractivity contribution in [1.29, 1.82) is 0 Å². The first-order chi connectivity index (χ1) is 16.7. The summed E-state index contributed by atoms with van der Waals surface area (Å²) in [6, 6.07) is 15.5. The van der Waals surface area contributed by atoms with Crippen molar-refractivity contribution in [2.45, 2.75) is 34.1 Å². The van der Waals surface area contributed by atoms with Crippen LogP contribution in [-0.2, 0) is 11.2 Å². The van der Waals surface area contributed by atoms with Crippen molar-refractivity contribution in [3.63, 3.8) is 0 Å². The molecule has 6 nitrogen and oxygen atoms in total. The van der Waals surface area contributed by atoms with E-state index in [0.717, 1.165) is 33.5 Å². The fourth-order valence-electron chi connectivity index (χ4n) is 3.73. The van der Waals surface area contributed by atoms with Gasteiger partial charge in [0.05, 0.1) is 5.02 Å². The maximum absolute atomic E-state index is 12.3. The number of aryl methyl sites for hydroxylation is 4. The lowest BCUT2D eigenvalue weighted by Gasteiger charge is -2.13. The number of carbonyl (C=O) groups excluding carboxylic acids is 1. The summed E-state index contributed by atoms with van der Waals surface area (Å²) >= 11 is 11.5. The average Bonchev–Trinajstić information content (AvgIpc) is 3.15. The quantitative estimate of drug-likeness (QED) is 0.303. The van der Waals surface area contributed by atoms with Crippen LogP contribution in [0.15, 0.2) is 52.9 Å². The minimum Gasteiger partial charge on any atom is -0.482 e. The van der Waals surface area contributed by atoms with Gasteiger partial charge in [-0.3, -0.25) is 10.1 Å². The molecular weight excluding hydrogens is 482 g/mol. The van der Waals surface area contributed by atoms with Crippen LogP contribution in [0.2, 0.25) is 5.02 Å². The standard InChI is InChI=1S/C27H26ClN3O3S/c1-15-9-18(4)26(21(28)10-15)33-14-24(32)31-27(35)29-20-7-5-19(6-8-20)13-25-30-22-11-16(2)17(3)12-23(22)34-25/h5-12H,13-14H2,1-4H3,(H2,29,31,32,35). The Morgan fingerprint density at radius 3 is 2.46 bits per heavy atom. The topological polar surface area (TPSA) is 76.4 Å². The average molecular weight is 508 g/mol. The summed E-state index contributed by atoms with van der Waals surface area (Å²) in [5, 5.41) is 6.28. The highest BCUT2D eigenvalue weighted by molar-refractivity contribution is 7.80. The van der Waals surface area contributed by atoms with Crippen LogP contribution in [0.1, 0.15) is 33.7 Å². The molecule has 0 saturated heterocycles. The van der Waals surface area contributed by atoms with E-state index in [2.05, 4.69) is 29.5 Å². The van der Waals surface area contributed by atoms with E-state index in [1.807, 2.05) is 56.3 Å². The van der Waals surface area contributed by atoms with Gasteiger partial charge in [-0.2, -0.15) is 0 Å². The number of rotatable bonds is 6. The number of benzene rings is 3. The van der Waals surface area contributed by atoms with E-state index in [-0.39, 0.29) is 17.6 Å². The van der Waals surface area contributed by atoms with Crippen LogP contribution in [0.3, 0.4) is 0 Å². The molecule has 0 aliphatic heterocycles. The second-order valence-corrected chi connectivity index (χ2v) is 9.38. The number of nitrogens with one attached hydrogen (secondary N) is 2. The van der Waals surface area contributed by atoms with E-state index in [1.54, 1.807) is 6.07 Å². The van der Waals surface area contributed by atoms with Crippen LogP contribution < -0.4 is 15.4 Å². The molecule has 1 heterocycles. The largest absolute Gasteiger partial charge is 0.482 e. The molecule has 0 atom stereocenters. The lowest BCUT2D eigenvalue weighted by Crippen LogP contribution is -2.37. The van der Waals surface area contributed by atoms with E-state index in [4.69, 9.17) is 33.0 Å².